The van der Waals surface area contributed by atoms with Crippen LogP contribution in [0, 0.1) is 18.8 Å². The normalized spacial score (nSPS) is 23.9. The number of anilines is 2. The van der Waals surface area contributed by atoms with Crippen molar-refractivity contribution in [3.8, 4) is 5.75 Å². The summed E-state index contributed by atoms with van der Waals surface area (Å²) in [5, 5.41) is 1.76. The van der Waals surface area contributed by atoms with E-state index in [-0.39, 0.29) is 11.8 Å². The van der Waals surface area contributed by atoms with Gasteiger partial charge in [-0.1, -0.05) is 48.9 Å². The van der Waals surface area contributed by atoms with Crippen LogP contribution in [0.5, 0.6) is 5.75 Å². The molecular weight excluding hydrogens is 490 g/mol. The fraction of sp³-hybridized carbons (Fsp3) is 0.375. The van der Waals surface area contributed by atoms with Gasteiger partial charge in [0.2, 0.25) is 5.91 Å². The zero-order valence-electron chi connectivity index (χ0n) is 22.7. The summed E-state index contributed by atoms with van der Waals surface area (Å²) in [6.07, 6.45) is 1.49. The van der Waals surface area contributed by atoms with Crippen molar-refractivity contribution in [3.63, 3.8) is 0 Å². The summed E-state index contributed by atoms with van der Waals surface area (Å²) in [6.45, 7) is 7.18. The number of hydrogen-bond acceptors (Lipinski definition) is 6. The molecular formula is C32H35N3O4. The number of fused-ring (bicyclic) bond motifs is 1. The van der Waals surface area contributed by atoms with E-state index in [1.807, 2.05) is 73.7 Å². The number of hydroxylamine groups is 1. The Balaban J connectivity index is 1.38. The minimum absolute atomic E-state index is 0.236. The van der Waals surface area contributed by atoms with Gasteiger partial charge in [0.1, 0.15) is 11.7 Å². The monoisotopic (exact) mass is 525 g/mol. The number of piperidine rings is 1. The molecule has 3 atom stereocenters. The molecule has 7 nitrogen and oxygen atoms in total. The van der Waals surface area contributed by atoms with E-state index in [2.05, 4.69) is 17.9 Å². The molecule has 202 valence electrons. The van der Waals surface area contributed by atoms with Crippen molar-refractivity contribution in [3.05, 3.63) is 89.5 Å². The fourth-order valence-electron chi connectivity index (χ4n) is 6.07. The van der Waals surface area contributed by atoms with Gasteiger partial charge in [0.25, 0.3) is 5.91 Å². The van der Waals surface area contributed by atoms with Crippen LogP contribution in [0.1, 0.15) is 42.5 Å². The number of para-hydroxylation sites is 1. The number of methoxy groups -OCH3 is 1. The third-order valence-corrected chi connectivity index (χ3v) is 8.33. The predicted octanol–water partition coefficient (Wildman–Crippen LogP) is 5.29. The second-order valence-electron chi connectivity index (χ2n) is 11.0. The molecule has 0 spiro atoms. The number of aryl methyl sites for hydroxylation is 1. The minimum Gasteiger partial charge on any atom is -0.496 e. The molecule has 3 aliphatic heterocycles. The Morgan fingerprint density at radius 1 is 0.897 bits per heavy atom. The Morgan fingerprint density at radius 2 is 1.62 bits per heavy atom. The number of carbonyl (C=O) groups excluding carboxylic acids is 2. The number of nitrogens with zero attached hydrogens (tertiary/aromatic N) is 3. The summed E-state index contributed by atoms with van der Waals surface area (Å²) in [5.74, 6) is 0.349. The first-order valence-electron chi connectivity index (χ1n) is 13.8. The predicted molar refractivity (Wildman–Crippen MR) is 150 cm³/mol. The lowest BCUT2D eigenvalue weighted by molar-refractivity contribution is -0.126. The fourth-order valence-corrected chi connectivity index (χ4v) is 6.07. The van der Waals surface area contributed by atoms with Crippen molar-refractivity contribution in [2.75, 3.05) is 30.2 Å². The Labute approximate surface area is 229 Å². The third kappa shape index (κ3) is 4.70. The Kier molecular flexibility index (Phi) is 6.87. The summed E-state index contributed by atoms with van der Waals surface area (Å²) in [7, 11) is 1.69. The SMILES string of the molecule is COc1ccc([C@@H]2[C@@H]3C(=O)N(c4ccc(C)cc4)C(=O)[C@@H]3ON2c2ccccc2)cc1CN1CCC(C)CC1. The quantitative estimate of drug-likeness (QED) is 0.408. The van der Waals surface area contributed by atoms with Crippen LogP contribution in [0.3, 0.4) is 0 Å². The molecule has 0 saturated carbocycles. The van der Waals surface area contributed by atoms with E-state index >= 15 is 0 Å². The van der Waals surface area contributed by atoms with E-state index in [4.69, 9.17) is 9.57 Å². The van der Waals surface area contributed by atoms with Crippen molar-refractivity contribution in [1.82, 2.24) is 4.90 Å². The van der Waals surface area contributed by atoms with E-state index < -0.39 is 18.1 Å². The van der Waals surface area contributed by atoms with Gasteiger partial charge in [0.05, 0.1) is 24.5 Å². The smallest absolute Gasteiger partial charge is 0.266 e. The van der Waals surface area contributed by atoms with Crippen molar-refractivity contribution in [2.24, 2.45) is 11.8 Å². The molecule has 7 heteroatoms. The van der Waals surface area contributed by atoms with Crippen molar-refractivity contribution < 1.29 is 19.2 Å². The van der Waals surface area contributed by atoms with Crippen LogP contribution in [0.25, 0.3) is 0 Å². The lowest BCUT2D eigenvalue weighted by atomic mass is 9.89. The number of likely N-dealkylation sites (tertiary alicyclic amines) is 1. The Hall–Kier alpha value is -3.68. The maximum atomic E-state index is 14.0. The molecule has 3 aliphatic rings. The summed E-state index contributed by atoms with van der Waals surface area (Å²) < 4.78 is 5.75. The molecule has 0 unspecified atom stereocenters. The maximum absolute atomic E-state index is 14.0. The van der Waals surface area contributed by atoms with Gasteiger partial charge in [-0.25, -0.2) is 9.96 Å². The van der Waals surface area contributed by atoms with Gasteiger partial charge in [0.15, 0.2) is 6.10 Å². The number of benzene rings is 3. The van der Waals surface area contributed by atoms with Crippen LogP contribution < -0.4 is 14.7 Å². The standard InChI is InChI=1S/C32H35N3O4/c1-21-9-12-25(13-10-21)34-31(36)28-29(35(39-30(28)32(34)37)26-7-5-4-6-8-26)23-11-14-27(38-3)24(19-23)20-33-17-15-22(2)16-18-33/h4-14,19,22,28-30H,15-18,20H2,1-3H3/t28-,29+,30+/m0/s1. The molecule has 0 radical (unpaired) electrons. The highest BCUT2D eigenvalue weighted by atomic mass is 16.7. The van der Waals surface area contributed by atoms with E-state index in [9.17, 15) is 9.59 Å². The van der Waals surface area contributed by atoms with Gasteiger partial charge in [-0.3, -0.25) is 19.3 Å². The van der Waals surface area contributed by atoms with E-state index in [0.29, 0.717) is 5.69 Å². The van der Waals surface area contributed by atoms with Gasteiger partial charge in [0, 0.05) is 12.1 Å². The number of carbonyl (C=O) groups is 2. The average molecular weight is 526 g/mol. The second kappa shape index (κ2) is 10.5. The zero-order chi connectivity index (χ0) is 27.1. The topological polar surface area (TPSA) is 62.3 Å². The summed E-state index contributed by atoms with van der Waals surface area (Å²) in [4.78, 5) is 37.7. The van der Waals surface area contributed by atoms with Gasteiger partial charge in [-0.2, -0.15) is 0 Å². The molecule has 0 aliphatic carbocycles. The van der Waals surface area contributed by atoms with E-state index in [1.54, 1.807) is 12.2 Å². The molecule has 0 aromatic heterocycles. The van der Waals surface area contributed by atoms with E-state index in [1.165, 1.54) is 17.7 Å². The molecule has 0 N–H and O–H groups in total. The highest BCUT2D eigenvalue weighted by Gasteiger charge is 2.60. The van der Waals surface area contributed by atoms with Crippen LogP contribution in [0.15, 0.2) is 72.8 Å². The Morgan fingerprint density at radius 3 is 2.31 bits per heavy atom. The molecule has 39 heavy (non-hydrogen) atoms. The lowest BCUT2D eigenvalue weighted by Crippen LogP contribution is -2.37. The number of imide groups is 1. The average Bonchev–Trinajstić information content (AvgIpc) is 3.46. The van der Waals surface area contributed by atoms with Crippen LogP contribution in [-0.2, 0) is 21.0 Å². The molecule has 0 bridgehead atoms. The van der Waals surface area contributed by atoms with Gasteiger partial charge in [-0.05, 0) is 80.7 Å². The first-order chi connectivity index (χ1) is 18.9. The summed E-state index contributed by atoms with van der Waals surface area (Å²) >= 11 is 0. The lowest BCUT2D eigenvalue weighted by Gasteiger charge is -2.31. The van der Waals surface area contributed by atoms with E-state index in [0.717, 1.165) is 53.7 Å². The summed E-state index contributed by atoms with van der Waals surface area (Å²) in [5.41, 5.74) is 4.46. The van der Waals surface area contributed by atoms with Crippen molar-refractivity contribution >= 4 is 23.2 Å². The molecule has 6 rings (SSSR count). The minimum atomic E-state index is -0.891. The zero-order valence-corrected chi connectivity index (χ0v) is 22.7. The maximum Gasteiger partial charge on any atom is 0.266 e. The largest absolute Gasteiger partial charge is 0.496 e. The van der Waals surface area contributed by atoms with Crippen LogP contribution in [0.2, 0.25) is 0 Å². The van der Waals surface area contributed by atoms with Crippen molar-refractivity contribution in [2.45, 2.75) is 45.4 Å². The van der Waals surface area contributed by atoms with Gasteiger partial charge >= 0.3 is 0 Å². The van der Waals surface area contributed by atoms with Crippen LogP contribution >= 0.6 is 0 Å². The summed E-state index contributed by atoms with van der Waals surface area (Å²) in [6, 6.07) is 22.8. The number of rotatable bonds is 6. The Bertz CT molecular complexity index is 1350. The first-order valence-corrected chi connectivity index (χ1v) is 13.8. The number of hydrogen-bond donors (Lipinski definition) is 0. The van der Waals surface area contributed by atoms with Crippen LogP contribution in [-0.4, -0.2) is 43.0 Å². The number of ether oxygens (including phenoxy) is 1. The molecule has 3 fully saturated rings. The second-order valence-corrected chi connectivity index (χ2v) is 11.0. The van der Waals surface area contributed by atoms with Gasteiger partial charge < -0.3 is 4.74 Å². The third-order valence-electron chi connectivity index (χ3n) is 8.33. The molecule has 2 amide bonds. The molecule has 3 saturated heterocycles. The molecule has 3 aromatic carbocycles. The van der Waals surface area contributed by atoms with Gasteiger partial charge in [-0.15, -0.1) is 0 Å². The molecule has 3 heterocycles. The highest BCUT2D eigenvalue weighted by molar-refractivity contribution is 6.23. The number of amides is 2. The molecule has 3 aromatic rings. The van der Waals surface area contributed by atoms with Crippen LogP contribution in [0.4, 0.5) is 11.4 Å². The van der Waals surface area contributed by atoms with Crippen molar-refractivity contribution in [1.29, 1.82) is 0 Å². The first kappa shape index (κ1) is 25.6. The highest BCUT2D eigenvalue weighted by Crippen LogP contribution is 2.48.